The van der Waals surface area contributed by atoms with E-state index in [1.54, 1.807) is 0 Å². The van der Waals surface area contributed by atoms with Gasteiger partial charge in [-0.2, -0.15) is 0 Å². The lowest BCUT2D eigenvalue weighted by molar-refractivity contribution is -0.236. The molecule has 1 spiro atoms. The van der Waals surface area contributed by atoms with E-state index in [9.17, 15) is 15.3 Å². The fourth-order valence-corrected chi connectivity index (χ4v) is 8.66. The summed E-state index contributed by atoms with van der Waals surface area (Å²) in [6.45, 7) is 4.76. The standard InChI is InChI=1S/C22H36O4/c1-19-8-3-14(23)13-21(19,25)10-4-15-16(19)5-9-20(2)17(15)6-11-22(20)12-7-18(24)26-22/h14-18,23-25H,3-13H2,1-2H3/t14-,15+,16-,17-,18-,19+,20-,21-,22+/m0/s1. The average molecular weight is 365 g/mol. The second kappa shape index (κ2) is 5.46. The molecular formula is C22H36O4. The second-order valence-corrected chi connectivity index (χ2v) is 10.9. The molecule has 0 aromatic rings. The predicted molar refractivity (Wildman–Crippen MR) is 98.3 cm³/mol. The summed E-state index contributed by atoms with van der Waals surface area (Å²) in [5.41, 5.74) is -0.677. The SMILES string of the molecule is C[C@]12CC[C@H]3[C@@H](CC[C@]4(O)C[C@@H](O)CC[C@]34C)[C@@H]1CC[C@@]21CC[C@@H](O)O1. The van der Waals surface area contributed by atoms with Crippen molar-refractivity contribution < 1.29 is 20.1 Å². The Labute approximate surface area is 157 Å². The Balaban J connectivity index is 1.46. The van der Waals surface area contributed by atoms with Crippen LogP contribution in [0.5, 0.6) is 0 Å². The summed E-state index contributed by atoms with van der Waals surface area (Å²) in [6, 6.07) is 0. The second-order valence-electron chi connectivity index (χ2n) is 10.9. The zero-order valence-corrected chi connectivity index (χ0v) is 16.4. The Hall–Kier alpha value is -0.160. The summed E-state index contributed by atoms with van der Waals surface area (Å²) in [4.78, 5) is 0. The van der Waals surface area contributed by atoms with Crippen LogP contribution in [0.1, 0.15) is 84.5 Å². The number of aliphatic hydroxyl groups excluding tert-OH is 2. The molecule has 5 fully saturated rings. The normalized spacial score (nSPS) is 62.0. The van der Waals surface area contributed by atoms with Gasteiger partial charge in [-0.1, -0.05) is 13.8 Å². The van der Waals surface area contributed by atoms with Gasteiger partial charge in [0.25, 0.3) is 0 Å². The van der Waals surface area contributed by atoms with E-state index >= 15 is 0 Å². The minimum atomic E-state index is -0.685. The van der Waals surface area contributed by atoms with Crippen LogP contribution in [0.3, 0.4) is 0 Å². The Kier molecular flexibility index (Phi) is 3.76. The number of rotatable bonds is 0. The molecule has 4 nitrogen and oxygen atoms in total. The highest BCUT2D eigenvalue weighted by Gasteiger charge is 2.68. The quantitative estimate of drug-likeness (QED) is 0.616. The zero-order valence-electron chi connectivity index (χ0n) is 16.4. The van der Waals surface area contributed by atoms with Crippen molar-refractivity contribution >= 4 is 0 Å². The summed E-state index contributed by atoms with van der Waals surface area (Å²) in [7, 11) is 0. The molecule has 0 radical (unpaired) electrons. The van der Waals surface area contributed by atoms with Crippen molar-refractivity contribution in [3.05, 3.63) is 0 Å². The van der Waals surface area contributed by atoms with Crippen LogP contribution in [0, 0.1) is 28.6 Å². The molecule has 0 amide bonds. The van der Waals surface area contributed by atoms with Crippen molar-refractivity contribution in [2.75, 3.05) is 0 Å². The zero-order chi connectivity index (χ0) is 18.4. The number of hydrogen-bond donors (Lipinski definition) is 3. The largest absolute Gasteiger partial charge is 0.393 e. The van der Waals surface area contributed by atoms with Crippen LogP contribution in [-0.2, 0) is 4.74 Å². The third-order valence-corrected chi connectivity index (χ3v) is 10.2. The van der Waals surface area contributed by atoms with Crippen LogP contribution in [0.25, 0.3) is 0 Å². The third kappa shape index (κ3) is 2.05. The highest BCUT2D eigenvalue weighted by molar-refractivity contribution is 5.18. The Morgan fingerprint density at radius 1 is 0.769 bits per heavy atom. The first-order valence-electron chi connectivity index (χ1n) is 11.0. The third-order valence-electron chi connectivity index (χ3n) is 10.2. The van der Waals surface area contributed by atoms with E-state index in [4.69, 9.17) is 4.74 Å². The van der Waals surface area contributed by atoms with Gasteiger partial charge in [-0.3, -0.25) is 0 Å². The molecule has 4 saturated carbocycles. The maximum Gasteiger partial charge on any atom is 0.155 e. The van der Waals surface area contributed by atoms with Crippen LogP contribution < -0.4 is 0 Å². The molecule has 5 rings (SSSR count). The van der Waals surface area contributed by atoms with Gasteiger partial charge in [0.15, 0.2) is 6.29 Å². The monoisotopic (exact) mass is 364 g/mol. The lowest BCUT2D eigenvalue weighted by Gasteiger charge is -2.64. The van der Waals surface area contributed by atoms with E-state index in [-0.39, 0.29) is 22.5 Å². The molecule has 1 heterocycles. The molecule has 3 N–H and O–H groups in total. The Morgan fingerprint density at radius 3 is 2.15 bits per heavy atom. The fraction of sp³-hybridized carbons (Fsp3) is 1.00. The van der Waals surface area contributed by atoms with E-state index < -0.39 is 11.9 Å². The number of ether oxygens (including phenoxy) is 1. The number of hydrogen-bond acceptors (Lipinski definition) is 4. The number of fused-ring (bicyclic) bond motifs is 6. The van der Waals surface area contributed by atoms with Gasteiger partial charge in [0.2, 0.25) is 0 Å². The lowest BCUT2D eigenvalue weighted by atomic mass is 9.43. The molecule has 4 aliphatic carbocycles. The van der Waals surface area contributed by atoms with Crippen LogP contribution in [0.2, 0.25) is 0 Å². The molecule has 0 aromatic heterocycles. The van der Waals surface area contributed by atoms with Crippen molar-refractivity contribution in [3.63, 3.8) is 0 Å². The van der Waals surface area contributed by atoms with Gasteiger partial charge in [0.1, 0.15) is 0 Å². The van der Waals surface area contributed by atoms with E-state index in [0.717, 1.165) is 57.8 Å². The molecule has 1 saturated heterocycles. The Morgan fingerprint density at radius 2 is 1.42 bits per heavy atom. The summed E-state index contributed by atoms with van der Waals surface area (Å²) in [5, 5.41) is 31.7. The van der Waals surface area contributed by atoms with Crippen molar-refractivity contribution in [3.8, 4) is 0 Å². The molecule has 5 aliphatic rings. The van der Waals surface area contributed by atoms with Crippen LogP contribution >= 0.6 is 0 Å². The van der Waals surface area contributed by atoms with Crippen molar-refractivity contribution in [1.29, 1.82) is 0 Å². The first-order valence-corrected chi connectivity index (χ1v) is 11.0. The summed E-state index contributed by atoms with van der Waals surface area (Å²) in [5.74, 6) is 1.88. The van der Waals surface area contributed by atoms with Gasteiger partial charge in [-0.15, -0.1) is 0 Å². The van der Waals surface area contributed by atoms with Gasteiger partial charge in [-0.25, -0.2) is 0 Å². The van der Waals surface area contributed by atoms with Crippen molar-refractivity contribution in [2.45, 2.75) is 108 Å². The maximum absolute atomic E-state index is 11.5. The van der Waals surface area contributed by atoms with Crippen LogP contribution in [0.4, 0.5) is 0 Å². The van der Waals surface area contributed by atoms with Gasteiger partial charge >= 0.3 is 0 Å². The van der Waals surface area contributed by atoms with E-state index in [2.05, 4.69) is 13.8 Å². The molecular weight excluding hydrogens is 328 g/mol. The summed E-state index contributed by atoms with van der Waals surface area (Å²) in [6.07, 6.45) is 9.78. The molecule has 9 atom stereocenters. The maximum atomic E-state index is 11.5. The van der Waals surface area contributed by atoms with E-state index in [1.807, 2.05) is 0 Å². The highest BCUT2D eigenvalue weighted by atomic mass is 16.6. The summed E-state index contributed by atoms with van der Waals surface area (Å²) >= 11 is 0. The van der Waals surface area contributed by atoms with Crippen LogP contribution in [0.15, 0.2) is 0 Å². The molecule has 0 aromatic carbocycles. The van der Waals surface area contributed by atoms with Crippen molar-refractivity contribution in [1.82, 2.24) is 0 Å². The van der Waals surface area contributed by atoms with Gasteiger partial charge in [0.05, 0.1) is 17.3 Å². The van der Waals surface area contributed by atoms with E-state index in [0.29, 0.717) is 24.2 Å². The predicted octanol–water partition coefficient (Wildman–Crippen LogP) is 3.37. The fourth-order valence-electron chi connectivity index (χ4n) is 8.66. The van der Waals surface area contributed by atoms with Gasteiger partial charge < -0.3 is 20.1 Å². The Bertz CT molecular complexity index is 595. The average Bonchev–Trinajstić information content (AvgIpc) is 3.10. The van der Waals surface area contributed by atoms with Gasteiger partial charge in [0, 0.05) is 12.8 Å². The number of aliphatic hydroxyl groups is 3. The molecule has 0 bridgehead atoms. The summed E-state index contributed by atoms with van der Waals surface area (Å²) < 4.78 is 6.20. The molecule has 26 heavy (non-hydrogen) atoms. The molecule has 0 unspecified atom stereocenters. The molecule has 1 aliphatic heterocycles. The first kappa shape index (κ1) is 17.9. The minimum Gasteiger partial charge on any atom is -0.393 e. The highest BCUT2D eigenvalue weighted by Crippen LogP contribution is 2.71. The van der Waals surface area contributed by atoms with E-state index in [1.165, 1.54) is 6.42 Å². The molecule has 4 heteroatoms. The first-order chi connectivity index (χ1) is 12.2. The topological polar surface area (TPSA) is 69.9 Å². The smallest absolute Gasteiger partial charge is 0.155 e. The van der Waals surface area contributed by atoms with Gasteiger partial charge in [-0.05, 0) is 86.4 Å². The minimum absolute atomic E-state index is 0.0533. The van der Waals surface area contributed by atoms with Crippen LogP contribution in [-0.4, -0.2) is 38.9 Å². The lowest BCUT2D eigenvalue weighted by Crippen LogP contribution is -2.63. The molecule has 148 valence electrons. The van der Waals surface area contributed by atoms with Crippen molar-refractivity contribution in [2.24, 2.45) is 28.6 Å².